The molecule has 0 N–H and O–H groups in total. The molecule has 0 saturated carbocycles. The summed E-state index contributed by atoms with van der Waals surface area (Å²) in [6.45, 7) is 4.95. The number of ether oxygens (including phenoxy) is 2. The number of hydrogen-bond acceptors (Lipinski definition) is 10. The van der Waals surface area contributed by atoms with Gasteiger partial charge in [0.15, 0.2) is 11.5 Å². The Morgan fingerprint density at radius 2 is 0.854 bits per heavy atom. The number of nitrogens with zero attached hydrogens (tertiary/aromatic N) is 6. The van der Waals surface area contributed by atoms with Crippen molar-refractivity contribution in [1.82, 2.24) is 19.6 Å². The van der Waals surface area contributed by atoms with Crippen molar-refractivity contribution in [2.45, 2.75) is 13.8 Å². The zero-order valence-electron chi connectivity index (χ0n) is 27.1. The van der Waals surface area contributed by atoms with Gasteiger partial charge >= 0.3 is 12.1 Å². The van der Waals surface area contributed by atoms with E-state index in [1.54, 1.807) is 12.2 Å². The molecule has 6 rings (SSSR count). The fourth-order valence-corrected chi connectivity index (χ4v) is 5.76. The van der Waals surface area contributed by atoms with Gasteiger partial charge in [-0.25, -0.2) is 9.59 Å². The van der Waals surface area contributed by atoms with Crippen LogP contribution in [0.25, 0.3) is 11.1 Å². The maximum Gasteiger partial charge on any atom is 0.333 e. The largest absolute Gasteiger partial charge is 0.439 e. The summed E-state index contributed by atoms with van der Waals surface area (Å²) in [5, 5.41) is 0. The second kappa shape index (κ2) is 11.9. The van der Waals surface area contributed by atoms with Crippen molar-refractivity contribution < 1.29 is 38.2 Å². The summed E-state index contributed by atoms with van der Waals surface area (Å²) in [4.78, 5) is 82.0. The molecular formula is C34H32N6O8. The Morgan fingerprint density at radius 1 is 0.521 bits per heavy atom. The van der Waals surface area contributed by atoms with Crippen LogP contribution in [0.5, 0.6) is 11.5 Å². The molecule has 4 heterocycles. The van der Waals surface area contributed by atoms with Gasteiger partial charge in [-0.1, -0.05) is 12.1 Å². The van der Waals surface area contributed by atoms with Crippen LogP contribution >= 0.6 is 0 Å². The Bertz CT molecular complexity index is 1770. The molecule has 0 spiro atoms. The molecule has 246 valence electrons. The Labute approximate surface area is 275 Å². The maximum atomic E-state index is 12.6. The van der Waals surface area contributed by atoms with Crippen molar-refractivity contribution in [3.63, 3.8) is 0 Å². The molecule has 0 aromatic heterocycles. The Kier molecular flexibility index (Phi) is 7.87. The molecule has 48 heavy (non-hydrogen) atoms. The van der Waals surface area contributed by atoms with Crippen molar-refractivity contribution in [3.8, 4) is 22.6 Å². The van der Waals surface area contributed by atoms with Gasteiger partial charge in [0.1, 0.15) is 11.1 Å². The number of carbonyl (C=O) groups excluding carboxylic acids is 6. The molecule has 0 radical (unpaired) electrons. The van der Waals surface area contributed by atoms with E-state index in [1.165, 1.54) is 40.3 Å². The lowest BCUT2D eigenvalue weighted by atomic mass is 10.0. The number of amides is 8. The number of carbonyl (C=O) groups is 6. The normalized spacial score (nSPS) is 19.5. The van der Waals surface area contributed by atoms with Crippen LogP contribution in [-0.4, -0.2) is 96.6 Å². The summed E-state index contributed by atoms with van der Waals surface area (Å²) in [5.41, 5.74) is 3.06. The van der Waals surface area contributed by atoms with Crippen LogP contribution in [0.2, 0.25) is 0 Å². The average molecular weight is 653 g/mol. The van der Waals surface area contributed by atoms with Crippen molar-refractivity contribution in [2.75, 3.05) is 51.1 Å². The van der Waals surface area contributed by atoms with E-state index in [0.29, 0.717) is 36.4 Å². The van der Waals surface area contributed by atoms with Gasteiger partial charge in [0.05, 0.1) is 11.4 Å². The summed E-state index contributed by atoms with van der Waals surface area (Å²) >= 11 is 0. The van der Waals surface area contributed by atoms with Crippen LogP contribution in [0.3, 0.4) is 0 Å². The summed E-state index contributed by atoms with van der Waals surface area (Å²) in [7, 11) is 5.28. The number of hydrogen-bond donors (Lipinski definition) is 0. The minimum Gasteiger partial charge on any atom is -0.439 e. The monoisotopic (exact) mass is 652 g/mol. The molecule has 0 atom stereocenters. The maximum absolute atomic E-state index is 12.6. The van der Waals surface area contributed by atoms with E-state index < -0.39 is 35.7 Å². The number of barbiturate groups is 2. The first-order valence-corrected chi connectivity index (χ1v) is 15.1. The Hall–Kier alpha value is -6.18. The van der Waals surface area contributed by atoms with Gasteiger partial charge in [0.2, 0.25) is 11.8 Å². The molecule has 4 aliphatic rings. The second-order valence-electron chi connectivity index (χ2n) is 11.2. The highest BCUT2D eigenvalue weighted by molar-refractivity contribution is 6.29. The number of allylic oxidation sites excluding steroid dienone is 4. The second-order valence-corrected chi connectivity index (χ2v) is 11.2. The van der Waals surface area contributed by atoms with Gasteiger partial charge in [-0.3, -0.25) is 38.8 Å². The summed E-state index contributed by atoms with van der Waals surface area (Å²) < 4.78 is 12.2. The van der Waals surface area contributed by atoms with Crippen LogP contribution in [0.15, 0.2) is 83.6 Å². The van der Waals surface area contributed by atoms with E-state index in [1.807, 2.05) is 60.0 Å². The Balaban J connectivity index is 1.27. The van der Waals surface area contributed by atoms with E-state index in [2.05, 4.69) is 0 Å². The van der Waals surface area contributed by atoms with Crippen LogP contribution in [0, 0.1) is 0 Å². The highest BCUT2D eigenvalue weighted by Crippen LogP contribution is 2.45. The number of rotatable bonds is 5. The first-order chi connectivity index (χ1) is 22.9. The third-order valence-electron chi connectivity index (χ3n) is 8.50. The van der Waals surface area contributed by atoms with Crippen molar-refractivity contribution >= 4 is 47.1 Å². The highest BCUT2D eigenvalue weighted by atomic mass is 16.5. The minimum absolute atomic E-state index is 0.152. The van der Waals surface area contributed by atoms with Gasteiger partial charge < -0.3 is 19.3 Å². The lowest BCUT2D eigenvalue weighted by Gasteiger charge is -2.28. The van der Waals surface area contributed by atoms with Crippen LogP contribution in [0.4, 0.5) is 21.0 Å². The first kappa shape index (κ1) is 31.8. The molecule has 0 unspecified atom stereocenters. The number of likely N-dealkylation sites (N-methyl/N-ethyl adjacent to an activating group) is 4. The number of anilines is 2. The molecule has 14 nitrogen and oxygen atoms in total. The van der Waals surface area contributed by atoms with E-state index in [0.717, 1.165) is 42.1 Å². The molecule has 14 heteroatoms. The van der Waals surface area contributed by atoms with E-state index >= 15 is 0 Å². The summed E-state index contributed by atoms with van der Waals surface area (Å²) in [6, 6.07) is 10.1. The van der Waals surface area contributed by atoms with Gasteiger partial charge in [-0.05, 0) is 73.5 Å². The predicted octanol–water partition coefficient (Wildman–Crippen LogP) is 3.43. The van der Waals surface area contributed by atoms with E-state index in [9.17, 15) is 28.8 Å². The van der Waals surface area contributed by atoms with Crippen molar-refractivity contribution in [3.05, 3.63) is 83.6 Å². The van der Waals surface area contributed by atoms with Gasteiger partial charge in [-0.2, -0.15) is 0 Å². The number of urea groups is 2. The SMILES string of the molecule is CCN1/C(=C/C=C2C(=O)N(C)C(=O)N(C)C2=O)Oc2ccc(-c3ccc4c(c3)N(CC)/C(=C\C=C3C(=O)N(C)C(=O)N(C)C3=O)O4)cc21. The van der Waals surface area contributed by atoms with Crippen molar-refractivity contribution in [2.24, 2.45) is 0 Å². The van der Waals surface area contributed by atoms with Gasteiger partial charge in [0.25, 0.3) is 23.6 Å². The smallest absolute Gasteiger partial charge is 0.333 e. The van der Waals surface area contributed by atoms with Gasteiger partial charge in [-0.15, -0.1) is 0 Å². The fourth-order valence-electron chi connectivity index (χ4n) is 5.76. The molecule has 4 aliphatic heterocycles. The highest BCUT2D eigenvalue weighted by Gasteiger charge is 2.39. The molecular weight excluding hydrogens is 620 g/mol. The van der Waals surface area contributed by atoms with E-state index in [4.69, 9.17) is 9.47 Å². The number of imide groups is 4. The van der Waals surface area contributed by atoms with Gasteiger partial charge in [0, 0.05) is 41.3 Å². The van der Waals surface area contributed by atoms with E-state index in [-0.39, 0.29) is 11.1 Å². The van der Waals surface area contributed by atoms with Crippen LogP contribution in [0.1, 0.15) is 13.8 Å². The summed E-state index contributed by atoms with van der Waals surface area (Å²) in [6.07, 6.45) is 5.82. The zero-order valence-corrected chi connectivity index (χ0v) is 27.1. The van der Waals surface area contributed by atoms with Crippen LogP contribution < -0.4 is 19.3 Å². The average Bonchev–Trinajstić information content (AvgIpc) is 3.63. The fraction of sp³-hybridized carbons (Fsp3) is 0.235. The standard InChI is InChI=1S/C34H32N6O8/c1-7-39-23-17-19(9-13-25(23)47-27(39)15-11-21-29(41)35(3)33(45)36(4)30(21)42)20-10-14-26-24(18-20)40(8-2)28(48-26)16-12-22-31(43)37(5)34(46)38(6)32(22)44/h9-18H,7-8H2,1-6H3/b27-15-,28-16+. The zero-order chi connectivity index (χ0) is 34.6. The molecule has 2 aromatic carbocycles. The predicted molar refractivity (Wildman–Crippen MR) is 173 cm³/mol. The molecule has 2 saturated heterocycles. The van der Waals surface area contributed by atoms with Crippen molar-refractivity contribution in [1.29, 1.82) is 0 Å². The topological polar surface area (TPSA) is 140 Å². The summed E-state index contributed by atoms with van der Waals surface area (Å²) in [5.74, 6) is -0.734. The first-order valence-electron chi connectivity index (χ1n) is 15.1. The lowest BCUT2D eigenvalue weighted by Crippen LogP contribution is -2.53. The molecule has 2 fully saturated rings. The number of benzene rings is 2. The third kappa shape index (κ3) is 4.98. The molecule has 2 aromatic rings. The quantitative estimate of drug-likeness (QED) is 0.349. The molecule has 8 amide bonds. The lowest BCUT2D eigenvalue weighted by molar-refractivity contribution is -0.136. The third-order valence-corrected chi connectivity index (χ3v) is 8.50. The minimum atomic E-state index is -0.695. The molecule has 0 aliphatic carbocycles. The van der Waals surface area contributed by atoms with Crippen LogP contribution in [-0.2, 0) is 19.2 Å². The Morgan fingerprint density at radius 3 is 1.17 bits per heavy atom. The molecule has 0 bridgehead atoms. The number of fused-ring (bicyclic) bond motifs is 2.